The molecule has 0 unspecified atom stereocenters. The first-order valence-electron chi connectivity index (χ1n) is 5.71. The fourth-order valence-corrected chi connectivity index (χ4v) is 2.60. The highest BCUT2D eigenvalue weighted by molar-refractivity contribution is 5.17. The van der Waals surface area contributed by atoms with E-state index in [4.69, 9.17) is 5.10 Å². The summed E-state index contributed by atoms with van der Waals surface area (Å²) < 4.78 is 2.21. The van der Waals surface area contributed by atoms with Gasteiger partial charge >= 0.3 is 0 Å². The SMILES string of the molecule is c1c(C2CCNCC2)nn2c1CCC2. The zero-order chi connectivity index (χ0) is 9.38. The van der Waals surface area contributed by atoms with Crippen molar-refractivity contribution in [2.24, 2.45) is 0 Å². The Morgan fingerprint density at radius 1 is 1.36 bits per heavy atom. The van der Waals surface area contributed by atoms with Crippen LogP contribution in [0.5, 0.6) is 0 Å². The van der Waals surface area contributed by atoms with Gasteiger partial charge in [0.2, 0.25) is 0 Å². The summed E-state index contributed by atoms with van der Waals surface area (Å²) in [5.41, 5.74) is 2.81. The lowest BCUT2D eigenvalue weighted by Crippen LogP contribution is -2.26. The normalized spacial score (nSPS) is 22.6. The summed E-state index contributed by atoms with van der Waals surface area (Å²) in [7, 11) is 0. The first kappa shape index (κ1) is 8.48. The summed E-state index contributed by atoms with van der Waals surface area (Å²) in [5.74, 6) is 0.717. The molecule has 2 aliphatic rings. The number of aryl methyl sites for hydroxylation is 2. The maximum absolute atomic E-state index is 4.70. The monoisotopic (exact) mass is 191 g/mol. The van der Waals surface area contributed by atoms with Crippen LogP contribution in [0.3, 0.4) is 0 Å². The lowest BCUT2D eigenvalue weighted by Gasteiger charge is -2.20. The molecule has 0 atom stereocenters. The summed E-state index contributed by atoms with van der Waals surface area (Å²) >= 11 is 0. The summed E-state index contributed by atoms with van der Waals surface area (Å²) in [6.07, 6.45) is 5.04. The molecule has 3 nitrogen and oxygen atoms in total. The van der Waals surface area contributed by atoms with Gasteiger partial charge in [-0.3, -0.25) is 4.68 Å². The van der Waals surface area contributed by atoms with E-state index in [2.05, 4.69) is 16.1 Å². The minimum absolute atomic E-state index is 0.717. The maximum atomic E-state index is 4.70. The van der Waals surface area contributed by atoms with Gasteiger partial charge in [-0.1, -0.05) is 0 Å². The average molecular weight is 191 g/mol. The van der Waals surface area contributed by atoms with Crippen LogP contribution in [-0.4, -0.2) is 22.9 Å². The summed E-state index contributed by atoms with van der Waals surface area (Å²) in [6.45, 7) is 3.46. The number of hydrogen-bond acceptors (Lipinski definition) is 2. The molecular formula is C11H17N3. The summed E-state index contributed by atoms with van der Waals surface area (Å²) in [6, 6.07) is 2.34. The van der Waals surface area contributed by atoms with Gasteiger partial charge in [0.15, 0.2) is 0 Å². The van der Waals surface area contributed by atoms with Crippen molar-refractivity contribution in [2.75, 3.05) is 13.1 Å². The van der Waals surface area contributed by atoms with Gasteiger partial charge in [0.05, 0.1) is 5.69 Å². The van der Waals surface area contributed by atoms with Gasteiger partial charge in [-0.05, 0) is 44.8 Å². The Balaban J connectivity index is 1.82. The third kappa shape index (κ3) is 1.36. The summed E-state index contributed by atoms with van der Waals surface area (Å²) in [4.78, 5) is 0. The third-order valence-corrected chi connectivity index (χ3v) is 3.44. The molecule has 0 aliphatic carbocycles. The topological polar surface area (TPSA) is 29.9 Å². The van der Waals surface area contributed by atoms with Gasteiger partial charge < -0.3 is 5.32 Å². The molecule has 1 aromatic heterocycles. The lowest BCUT2D eigenvalue weighted by atomic mass is 9.94. The molecule has 1 aromatic rings. The van der Waals surface area contributed by atoms with Crippen LogP contribution in [0.1, 0.15) is 36.6 Å². The van der Waals surface area contributed by atoms with E-state index >= 15 is 0 Å². The molecule has 1 N–H and O–H groups in total. The zero-order valence-electron chi connectivity index (χ0n) is 8.50. The fourth-order valence-electron chi connectivity index (χ4n) is 2.60. The van der Waals surface area contributed by atoms with Gasteiger partial charge in [0.25, 0.3) is 0 Å². The van der Waals surface area contributed by atoms with E-state index in [1.165, 1.54) is 37.1 Å². The molecule has 0 radical (unpaired) electrons. The smallest absolute Gasteiger partial charge is 0.0659 e. The molecule has 0 bridgehead atoms. The molecule has 0 saturated carbocycles. The number of rotatable bonds is 1. The second-order valence-corrected chi connectivity index (χ2v) is 4.41. The van der Waals surface area contributed by atoms with Gasteiger partial charge in [-0.2, -0.15) is 5.10 Å². The molecule has 3 heteroatoms. The Morgan fingerprint density at radius 3 is 3.00 bits per heavy atom. The van der Waals surface area contributed by atoms with E-state index in [9.17, 15) is 0 Å². The van der Waals surface area contributed by atoms with Crippen LogP contribution in [-0.2, 0) is 13.0 Å². The maximum Gasteiger partial charge on any atom is 0.0659 e. The molecule has 3 heterocycles. The van der Waals surface area contributed by atoms with Crippen molar-refractivity contribution in [3.63, 3.8) is 0 Å². The number of aromatic nitrogens is 2. The largest absolute Gasteiger partial charge is 0.317 e. The quantitative estimate of drug-likeness (QED) is 0.725. The number of piperidine rings is 1. The molecule has 1 saturated heterocycles. The molecule has 76 valence electrons. The fraction of sp³-hybridized carbons (Fsp3) is 0.727. The van der Waals surface area contributed by atoms with Crippen molar-refractivity contribution < 1.29 is 0 Å². The number of nitrogens with zero attached hydrogens (tertiary/aromatic N) is 2. The van der Waals surface area contributed by atoms with E-state index in [0.29, 0.717) is 5.92 Å². The minimum Gasteiger partial charge on any atom is -0.317 e. The van der Waals surface area contributed by atoms with E-state index in [-0.39, 0.29) is 0 Å². The van der Waals surface area contributed by atoms with Gasteiger partial charge in [0, 0.05) is 18.2 Å². The van der Waals surface area contributed by atoms with Crippen molar-refractivity contribution >= 4 is 0 Å². The number of fused-ring (bicyclic) bond motifs is 1. The first-order chi connectivity index (χ1) is 6.93. The molecule has 0 spiro atoms. The van der Waals surface area contributed by atoms with Crippen LogP contribution in [0.25, 0.3) is 0 Å². The van der Waals surface area contributed by atoms with Crippen LogP contribution in [0, 0.1) is 0 Å². The number of hydrogen-bond donors (Lipinski definition) is 1. The van der Waals surface area contributed by atoms with Crippen LogP contribution in [0.2, 0.25) is 0 Å². The van der Waals surface area contributed by atoms with Crippen molar-refractivity contribution in [1.82, 2.24) is 15.1 Å². The highest BCUT2D eigenvalue weighted by Crippen LogP contribution is 2.26. The van der Waals surface area contributed by atoms with Crippen molar-refractivity contribution in [1.29, 1.82) is 0 Å². The van der Waals surface area contributed by atoms with E-state index < -0.39 is 0 Å². The van der Waals surface area contributed by atoms with E-state index in [1.807, 2.05) is 0 Å². The van der Waals surface area contributed by atoms with E-state index in [0.717, 1.165) is 19.6 Å². The van der Waals surface area contributed by atoms with E-state index in [1.54, 1.807) is 0 Å². The molecule has 0 amide bonds. The number of nitrogens with one attached hydrogen (secondary N) is 1. The Kier molecular flexibility index (Phi) is 2.05. The summed E-state index contributed by atoms with van der Waals surface area (Å²) in [5, 5.41) is 8.10. The highest BCUT2D eigenvalue weighted by Gasteiger charge is 2.21. The predicted octanol–water partition coefficient (Wildman–Crippen LogP) is 1.30. The van der Waals surface area contributed by atoms with Gasteiger partial charge in [-0.25, -0.2) is 0 Å². The Labute approximate surface area is 84.5 Å². The standard InChI is InChI=1S/C11H17N3/c1-2-10-8-11(13-14(10)7-1)9-3-5-12-6-4-9/h8-9,12H,1-7H2. The van der Waals surface area contributed by atoms with Crippen molar-refractivity contribution in [2.45, 2.75) is 38.1 Å². The molecule has 14 heavy (non-hydrogen) atoms. The van der Waals surface area contributed by atoms with Crippen LogP contribution < -0.4 is 5.32 Å². The first-order valence-corrected chi connectivity index (χ1v) is 5.71. The molecule has 1 fully saturated rings. The van der Waals surface area contributed by atoms with Crippen LogP contribution in [0.15, 0.2) is 6.07 Å². The second kappa shape index (κ2) is 3.39. The molecule has 2 aliphatic heterocycles. The Bertz CT molecular complexity index is 302. The Morgan fingerprint density at radius 2 is 2.21 bits per heavy atom. The lowest BCUT2D eigenvalue weighted by molar-refractivity contribution is 0.448. The van der Waals surface area contributed by atoms with Crippen LogP contribution in [0.4, 0.5) is 0 Å². The average Bonchev–Trinajstić information content (AvgIpc) is 2.78. The Hall–Kier alpha value is -0.830. The zero-order valence-corrected chi connectivity index (χ0v) is 8.50. The minimum atomic E-state index is 0.717. The van der Waals surface area contributed by atoms with Crippen molar-refractivity contribution in [3.8, 4) is 0 Å². The molecular weight excluding hydrogens is 174 g/mol. The predicted molar refractivity (Wildman–Crippen MR) is 55.4 cm³/mol. The van der Waals surface area contributed by atoms with Gasteiger partial charge in [0.1, 0.15) is 0 Å². The molecule has 0 aromatic carbocycles. The second-order valence-electron chi connectivity index (χ2n) is 4.41. The highest BCUT2D eigenvalue weighted by atomic mass is 15.3. The van der Waals surface area contributed by atoms with Crippen molar-refractivity contribution in [3.05, 3.63) is 17.5 Å². The van der Waals surface area contributed by atoms with Gasteiger partial charge in [-0.15, -0.1) is 0 Å². The van der Waals surface area contributed by atoms with Crippen LogP contribution >= 0.6 is 0 Å². The molecule has 3 rings (SSSR count). The third-order valence-electron chi connectivity index (χ3n) is 3.44.